The molecule has 1 saturated heterocycles. The molecule has 2 aromatic carbocycles. The monoisotopic (exact) mass is 363 g/mol. The summed E-state index contributed by atoms with van der Waals surface area (Å²) in [6.07, 6.45) is 0. The minimum absolute atomic E-state index is 0.0835. The van der Waals surface area contributed by atoms with Gasteiger partial charge in [0.2, 0.25) is 5.91 Å². The van der Waals surface area contributed by atoms with Gasteiger partial charge in [-0.2, -0.15) is 0 Å². The van der Waals surface area contributed by atoms with Crippen molar-refractivity contribution in [2.75, 3.05) is 24.4 Å². The maximum Gasteiger partial charge on any atom is 0.238 e. The lowest BCUT2D eigenvalue weighted by molar-refractivity contribution is -0.115. The van der Waals surface area contributed by atoms with Crippen molar-refractivity contribution >= 4 is 35.0 Å². The summed E-state index contributed by atoms with van der Waals surface area (Å²) in [7, 11) is 1.62. The van der Waals surface area contributed by atoms with Crippen molar-refractivity contribution in [1.29, 1.82) is 0 Å². The molecule has 6 heteroatoms. The Kier molecular flexibility index (Phi) is 5.21. The molecule has 1 aliphatic heterocycles. The van der Waals surface area contributed by atoms with E-state index in [1.807, 2.05) is 37.3 Å². The van der Waals surface area contributed by atoms with Crippen LogP contribution in [0.2, 0.25) is 5.02 Å². The van der Waals surface area contributed by atoms with E-state index in [0.29, 0.717) is 28.9 Å². The molecule has 2 aromatic rings. The Hall–Kier alpha value is -1.85. The number of ether oxygens (including phenoxy) is 2. The van der Waals surface area contributed by atoms with Gasteiger partial charge in [0.15, 0.2) is 11.5 Å². The van der Waals surface area contributed by atoms with Crippen molar-refractivity contribution in [3.05, 3.63) is 53.1 Å². The predicted octanol–water partition coefficient (Wildman–Crippen LogP) is 4.53. The van der Waals surface area contributed by atoms with E-state index in [0.717, 1.165) is 11.3 Å². The summed E-state index contributed by atoms with van der Waals surface area (Å²) >= 11 is 7.55. The Balaban J connectivity index is 1.95. The van der Waals surface area contributed by atoms with E-state index in [-0.39, 0.29) is 11.3 Å². The predicted molar refractivity (Wildman–Crippen MR) is 98.3 cm³/mol. The van der Waals surface area contributed by atoms with Crippen LogP contribution >= 0.6 is 23.4 Å². The van der Waals surface area contributed by atoms with Gasteiger partial charge in [0.05, 0.1) is 19.5 Å². The molecule has 1 heterocycles. The number of methoxy groups -OCH3 is 1. The Labute approximate surface area is 150 Å². The van der Waals surface area contributed by atoms with Crippen molar-refractivity contribution in [1.82, 2.24) is 0 Å². The summed E-state index contributed by atoms with van der Waals surface area (Å²) in [6, 6.07) is 13.1. The van der Waals surface area contributed by atoms with Crippen molar-refractivity contribution in [3.8, 4) is 11.5 Å². The molecule has 0 bridgehead atoms. The molecule has 1 fully saturated rings. The van der Waals surface area contributed by atoms with Gasteiger partial charge in [-0.25, -0.2) is 0 Å². The second-order valence-corrected chi connectivity index (χ2v) is 6.75. The Morgan fingerprint density at radius 2 is 1.96 bits per heavy atom. The number of nitrogens with zero attached hydrogens (tertiary/aromatic N) is 1. The van der Waals surface area contributed by atoms with Gasteiger partial charge >= 0.3 is 0 Å². The summed E-state index contributed by atoms with van der Waals surface area (Å²) < 4.78 is 11.0. The first-order valence-electron chi connectivity index (χ1n) is 7.64. The number of hydrogen-bond donors (Lipinski definition) is 0. The largest absolute Gasteiger partial charge is 0.493 e. The number of amides is 1. The standard InChI is InChI=1S/C18H18ClNO3S/c1-3-23-15-9-4-12(10-16(15)22-2)18-20(17(21)11-24-18)14-7-5-13(19)6-8-14/h4-10,18H,3,11H2,1-2H3/t18-/m0/s1. The number of thioether (sulfide) groups is 1. The molecule has 1 aliphatic rings. The molecule has 0 aliphatic carbocycles. The van der Waals surface area contributed by atoms with E-state index in [2.05, 4.69) is 0 Å². The lowest BCUT2D eigenvalue weighted by Gasteiger charge is -2.25. The van der Waals surface area contributed by atoms with Crippen molar-refractivity contribution in [2.45, 2.75) is 12.3 Å². The second kappa shape index (κ2) is 7.36. The summed E-state index contributed by atoms with van der Waals surface area (Å²) in [5.74, 6) is 1.91. The van der Waals surface area contributed by atoms with E-state index in [4.69, 9.17) is 21.1 Å². The first-order chi connectivity index (χ1) is 11.6. The number of rotatable bonds is 5. The smallest absolute Gasteiger partial charge is 0.238 e. The topological polar surface area (TPSA) is 38.8 Å². The van der Waals surface area contributed by atoms with Crippen LogP contribution in [-0.2, 0) is 4.79 Å². The summed E-state index contributed by atoms with van der Waals surface area (Å²) in [6.45, 7) is 2.50. The van der Waals surface area contributed by atoms with Gasteiger partial charge in [-0.3, -0.25) is 9.69 Å². The minimum atomic E-state index is -0.0942. The third-order valence-corrected chi connectivity index (χ3v) is 5.21. The van der Waals surface area contributed by atoms with Crippen LogP contribution in [0.4, 0.5) is 5.69 Å². The van der Waals surface area contributed by atoms with Gasteiger partial charge in [0, 0.05) is 10.7 Å². The number of hydrogen-bond acceptors (Lipinski definition) is 4. The Morgan fingerprint density at radius 3 is 2.62 bits per heavy atom. The second-order valence-electron chi connectivity index (χ2n) is 5.25. The molecule has 0 spiro atoms. The van der Waals surface area contributed by atoms with Crippen molar-refractivity contribution < 1.29 is 14.3 Å². The fourth-order valence-electron chi connectivity index (χ4n) is 2.66. The summed E-state index contributed by atoms with van der Waals surface area (Å²) in [4.78, 5) is 14.2. The van der Waals surface area contributed by atoms with E-state index < -0.39 is 0 Å². The average Bonchev–Trinajstić information content (AvgIpc) is 2.98. The highest BCUT2D eigenvalue weighted by atomic mass is 35.5. The lowest BCUT2D eigenvalue weighted by Crippen LogP contribution is -2.27. The van der Waals surface area contributed by atoms with E-state index in [1.165, 1.54) is 0 Å². The maximum absolute atomic E-state index is 12.4. The first kappa shape index (κ1) is 17.0. The van der Waals surface area contributed by atoms with Gasteiger partial charge in [-0.1, -0.05) is 17.7 Å². The highest BCUT2D eigenvalue weighted by molar-refractivity contribution is 8.00. The highest BCUT2D eigenvalue weighted by Gasteiger charge is 2.34. The molecule has 4 nitrogen and oxygen atoms in total. The third kappa shape index (κ3) is 3.32. The molecule has 0 unspecified atom stereocenters. The fraction of sp³-hybridized carbons (Fsp3) is 0.278. The molecule has 0 radical (unpaired) electrons. The summed E-state index contributed by atoms with van der Waals surface area (Å²) in [5.41, 5.74) is 1.84. The van der Waals surface area contributed by atoms with Crippen molar-refractivity contribution in [2.24, 2.45) is 0 Å². The Morgan fingerprint density at radius 1 is 1.21 bits per heavy atom. The molecular weight excluding hydrogens is 346 g/mol. The van der Waals surface area contributed by atoms with Crippen LogP contribution in [0.25, 0.3) is 0 Å². The minimum Gasteiger partial charge on any atom is -0.493 e. The molecule has 1 amide bonds. The molecule has 0 N–H and O–H groups in total. The zero-order chi connectivity index (χ0) is 17.1. The van der Waals surface area contributed by atoms with Crippen molar-refractivity contribution in [3.63, 3.8) is 0 Å². The molecule has 3 rings (SSSR count). The number of anilines is 1. The van der Waals surface area contributed by atoms with Crippen LogP contribution in [0.1, 0.15) is 17.9 Å². The summed E-state index contributed by atoms with van der Waals surface area (Å²) in [5, 5.41) is 0.556. The normalized spacial score (nSPS) is 17.2. The van der Waals surface area contributed by atoms with Gasteiger partial charge in [-0.05, 0) is 48.9 Å². The molecular formula is C18H18ClNO3S. The highest BCUT2D eigenvalue weighted by Crippen LogP contribution is 2.44. The number of halogens is 1. The maximum atomic E-state index is 12.4. The van der Waals surface area contributed by atoms with E-state index in [1.54, 1.807) is 35.9 Å². The molecule has 0 aromatic heterocycles. The lowest BCUT2D eigenvalue weighted by atomic mass is 10.1. The molecule has 1 atom stereocenters. The van der Waals surface area contributed by atoms with Crippen LogP contribution in [-0.4, -0.2) is 25.4 Å². The van der Waals surface area contributed by atoms with Gasteiger partial charge in [-0.15, -0.1) is 11.8 Å². The van der Waals surface area contributed by atoms with Crippen LogP contribution in [0.15, 0.2) is 42.5 Å². The fourth-order valence-corrected chi connectivity index (χ4v) is 3.96. The van der Waals surface area contributed by atoms with Crippen LogP contribution in [0.5, 0.6) is 11.5 Å². The van der Waals surface area contributed by atoms with Crippen LogP contribution in [0, 0.1) is 0 Å². The molecule has 126 valence electrons. The van der Waals surface area contributed by atoms with Crippen LogP contribution < -0.4 is 14.4 Å². The first-order valence-corrected chi connectivity index (χ1v) is 9.06. The van der Waals surface area contributed by atoms with Gasteiger partial charge < -0.3 is 9.47 Å². The molecule has 24 heavy (non-hydrogen) atoms. The number of carbonyl (C=O) groups is 1. The van der Waals surface area contributed by atoms with Gasteiger partial charge in [0.25, 0.3) is 0 Å². The quantitative estimate of drug-likeness (QED) is 0.782. The SMILES string of the molecule is CCOc1ccc([C@@H]2SCC(=O)N2c2ccc(Cl)cc2)cc1OC. The number of benzene rings is 2. The number of carbonyl (C=O) groups excluding carboxylic acids is 1. The average molecular weight is 364 g/mol. The Bertz CT molecular complexity index is 736. The van der Waals surface area contributed by atoms with E-state index >= 15 is 0 Å². The zero-order valence-electron chi connectivity index (χ0n) is 13.5. The third-order valence-electron chi connectivity index (χ3n) is 3.75. The van der Waals surface area contributed by atoms with Crippen LogP contribution in [0.3, 0.4) is 0 Å². The molecule has 0 saturated carbocycles. The van der Waals surface area contributed by atoms with E-state index in [9.17, 15) is 4.79 Å². The van der Waals surface area contributed by atoms with Gasteiger partial charge in [0.1, 0.15) is 5.37 Å². The zero-order valence-corrected chi connectivity index (χ0v) is 15.1.